The third-order valence-corrected chi connectivity index (χ3v) is 9.17. The Bertz CT molecular complexity index is 615. The van der Waals surface area contributed by atoms with Gasteiger partial charge >= 0.3 is 5.97 Å². The summed E-state index contributed by atoms with van der Waals surface area (Å²) in [6.07, 6.45) is 6.62. The lowest BCUT2D eigenvalue weighted by Gasteiger charge is -2.61. The van der Waals surface area contributed by atoms with E-state index in [1.165, 1.54) is 12.8 Å². The number of carbonyl (C=O) groups excluding carboxylic acids is 1. The van der Waals surface area contributed by atoms with Crippen LogP contribution in [0.5, 0.6) is 0 Å². The molecule has 0 N–H and O–H groups in total. The Hall–Kier alpha value is -0.610. The third kappa shape index (κ3) is 1.38. The minimum atomic E-state index is -0.224. The highest BCUT2D eigenvalue weighted by atomic mass is 16.7. The van der Waals surface area contributed by atoms with Crippen molar-refractivity contribution in [3.63, 3.8) is 0 Å². The Morgan fingerprint density at radius 2 is 1.92 bits per heavy atom. The van der Waals surface area contributed by atoms with Gasteiger partial charge in [-0.1, -0.05) is 13.8 Å². The van der Waals surface area contributed by atoms with Gasteiger partial charge in [0.25, 0.3) is 0 Å². The summed E-state index contributed by atoms with van der Waals surface area (Å²) in [5.41, 5.74) is -0.0152. The van der Waals surface area contributed by atoms with Crippen LogP contribution >= 0.6 is 0 Å². The maximum absolute atomic E-state index is 13.2. The highest BCUT2D eigenvalue weighted by Gasteiger charge is 2.77. The molecule has 0 amide bonds. The van der Waals surface area contributed by atoms with Gasteiger partial charge in [0, 0.05) is 11.3 Å². The largest absolute Gasteiger partial charge is 0.461 e. The predicted octanol–water partition coefficient (Wildman–Crippen LogP) is 3.14. The van der Waals surface area contributed by atoms with Gasteiger partial charge in [-0.25, -0.2) is 0 Å². The lowest BCUT2D eigenvalue weighted by molar-refractivity contribution is -0.233. The van der Waals surface area contributed by atoms with Crippen molar-refractivity contribution in [1.29, 1.82) is 0 Å². The predicted molar refractivity (Wildman–Crippen MR) is 85.9 cm³/mol. The van der Waals surface area contributed by atoms with Crippen LogP contribution in [0, 0.1) is 39.9 Å². The van der Waals surface area contributed by atoms with E-state index in [4.69, 9.17) is 14.2 Å². The van der Waals surface area contributed by atoms with Crippen LogP contribution < -0.4 is 0 Å². The van der Waals surface area contributed by atoms with Crippen LogP contribution in [0.4, 0.5) is 0 Å². The molecule has 3 aliphatic heterocycles. The molecule has 3 saturated heterocycles. The van der Waals surface area contributed by atoms with Crippen LogP contribution in [0.3, 0.4) is 0 Å². The average Bonchev–Trinajstić information content (AvgIpc) is 3.18. The molecule has 6 aliphatic rings. The molecule has 4 nitrogen and oxygen atoms in total. The van der Waals surface area contributed by atoms with Gasteiger partial charge in [0.1, 0.15) is 6.10 Å². The Morgan fingerprint density at radius 1 is 1.08 bits per heavy atom. The molecule has 6 rings (SSSR count). The first-order valence-corrected chi connectivity index (χ1v) is 9.94. The highest BCUT2D eigenvalue weighted by molar-refractivity contribution is 5.79. The topological polar surface area (TPSA) is 44.8 Å². The lowest BCUT2D eigenvalue weighted by Crippen LogP contribution is -2.66. The van der Waals surface area contributed by atoms with Gasteiger partial charge in [-0.2, -0.15) is 0 Å². The van der Waals surface area contributed by atoms with Crippen LogP contribution in [-0.4, -0.2) is 31.6 Å². The summed E-state index contributed by atoms with van der Waals surface area (Å²) in [6.45, 7) is 6.28. The van der Waals surface area contributed by atoms with Crippen molar-refractivity contribution in [2.75, 3.05) is 13.2 Å². The monoisotopic (exact) mass is 332 g/mol. The number of esters is 1. The molecule has 24 heavy (non-hydrogen) atoms. The molecule has 132 valence electrons. The zero-order chi connectivity index (χ0) is 16.3. The zero-order valence-electron chi connectivity index (χ0n) is 14.8. The summed E-state index contributed by atoms with van der Waals surface area (Å²) in [5.74, 6) is 2.35. The Labute approximate surface area is 143 Å². The molecule has 0 unspecified atom stereocenters. The summed E-state index contributed by atoms with van der Waals surface area (Å²) >= 11 is 0. The molecule has 3 aliphatic carbocycles. The summed E-state index contributed by atoms with van der Waals surface area (Å²) in [7, 11) is 0. The van der Waals surface area contributed by atoms with E-state index in [1.54, 1.807) is 0 Å². The molecule has 0 aromatic carbocycles. The van der Waals surface area contributed by atoms with E-state index in [9.17, 15) is 4.79 Å². The van der Waals surface area contributed by atoms with Crippen molar-refractivity contribution in [1.82, 2.24) is 0 Å². The Morgan fingerprint density at radius 3 is 2.79 bits per heavy atom. The fourth-order valence-corrected chi connectivity index (χ4v) is 8.27. The minimum Gasteiger partial charge on any atom is -0.461 e. The molecule has 4 heteroatoms. The van der Waals surface area contributed by atoms with Crippen LogP contribution in [0.1, 0.15) is 52.4 Å². The second kappa shape index (κ2) is 4.20. The fourth-order valence-electron chi connectivity index (χ4n) is 8.27. The minimum absolute atomic E-state index is 0.0110. The van der Waals surface area contributed by atoms with Gasteiger partial charge in [0.15, 0.2) is 6.29 Å². The number of fused-ring (bicyclic) bond motifs is 1. The van der Waals surface area contributed by atoms with E-state index in [-0.39, 0.29) is 34.6 Å². The van der Waals surface area contributed by atoms with Gasteiger partial charge in [-0.15, -0.1) is 0 Å². The second-order valence-electron chi connectivity index (χ2n) is 10.1. The average molecular weight is 332 g/mol. The SMILES string of the molecule is C[C@H]1C[C@]23C[C@H]1CC[C@H]2[C@]12CO[C@@H]4OC[C@](C)(CC[C@@H]1OC3=O)[C@@H]42. The van der Waals surface area contributed by atoms with Crippen LogP contribution in [0.25, 0.3) is 0 Å². The van der Waals surface area contributed by atoms with Crippen molar-refractivity contribution in [3.8, 4) is 0 Å². The third-order valence-electron chi connectivity index (χ3n) is 9.17. The Balaban J connectivity index is 1.53. The van der Waals surface area contributed by atoms with Crippen molar-refractivity contribution in [3.05, 3.63) is 0 Å². The molecule has 2 spiro atoms. The smallest absolute Gasteiger partial charge is 0.312 e. The first-order chi connectivity index (χ1) is 11.5. The molecule has 0 aromatic rings. The van der Waals surface area contributed by atoms with Crippen molar-refractivity contribution >= 4 is 5.97 Å². The molecule has 3 heterocycles. The van der Waals surface area contributed by atoms with Gasteiger partial charge in [-0.05, 0) is 61.7 Å². The van der Waals surface area contributed by atoms with Gasteiger partial charge < -0.3 is 14.2 Å². The van der Waals surface area contributed by atoms with E-state index in [2.05, 4.69) is 13.8 Å². The highest BCUT2D eigenvalue weighted by Crippen LogP contribution is 2.73. The molecule has 6 fully saturated rings. The summed E-state index contributed by atoms with van der Waals surface area (Å²) < 4.78 is 18.5. The first kappa shape index (κ1) is 14.5. The number of carbonyl (C=O) groups is 1. The lowest BCUT2D eigenvalue weighted by atomic mass is 9.44. The molecule has 3 saturated carbocycles. The number of hydrogen-bond acceptors (Lipinski definition) is 4. The molecular formula is C20H28O4. The number of hydrogen-bond donors (Lipinski definition) is 0. The van der Waals surface area contributed by atoms with E-state index >= 15 is 0 Å². The molecular weight excluding hydrogens is 304 g/mol. The summed E-state index contributed by atoms with van der Waals surface area (Å²) in [5, 5.41) is 0. The van der Waals surface area contributed by atoms with E-state index in [0.717, 1.165) is 44.8 Å². The maximum atomic E-state index is 13.2. The maximum Gasteiger partial charge on any atom is 0.312 e. The zero-order valence-corrected chi connectivity index (χ0v) is 14.8. The number of ether oxygens (including phenoxy) is 3. The summed E-state index contributed by atoms with van der Waals surface area (Å²) in [4.78, 5) is 13.2. The molecule has 2 bridgehead atoms. The quantitative estimate of drug-likeness (QED) is 0.639. The fraction of sp³-hybridized carbons (Fsp3) is 0.950. The first-order valence-electron chi connectivity index (χ1n) is 9.94. The van der Waals surface area contributed by atoms with Crippen molar-refractivity contribution < 1.29 is 19.0 Å². The molecule has 0 aromatic heterocycles. The van der Waals surface area contributed by atoms with Gasteiger partial charge in [-0.3, -0.25) is 4.79 Å². The van der Waals surface area contributed by atoms with Gasteiger partial charge in [0.05, 0.1) is 18.6 Å². The van der Waals surface area contributed by atoms with Crippen LogP contribution in [-0.2, 0) is 19.0 Å². The molecule has 0 radical (unpaired) electrons. The van der Waals surface area contributed by atoms with E-state index < -0.39 is 0 Å². The number of rotatable bonds is 0. The molecule has 9 atom stereocenters. The summed E-state index contributed by atoms with van der Waals surface area (Å²) in [6, 6.07) is 0. The van der Waals surface area contributed by atoms with Crippen molar-refractivity contribution in [2.24, 2.45) is 39.9 Å². The van der Waals surface area contributed by atoms with Crippen LogP contribution in [0.2, 0.25) is 0 Å². The van der Waals surface area contributed by atoms with Crippen LogP contribution in [0.15, 0.2) is 0 Å². The van der Waals surface area contributed by atoms with E-state index in [0.29, 0.717) is 17.8 Å². The standard InChI is InChI=1S/C20H28O4/c1-11-7-19-8-12(11)3-4-13(19)20-10-23-16-15(20)18(2,9-22-16)6-5-14(20)24-17(19)21/h11-16H,3-10H2,1-2H3/t11-,12+,13+,14-,15+,16-,18-,19-,20+/m0/s1. The Kier molecular flexibility index (Phi) is 2.55. The normalized spacial score (nSPS) is 63.5. The second-order valence-corrected chi connectivity index (χ2v) is 10.1. The van der Waals surface area contributed by atoms with Gasteiger partial charge in [0.2, 0.25) is 0 Å². The van der Waals surface area contributed by atoms with Crippen molar-refractivity contribution in [2.45, 2.75) is 64.8 Å². The van der Waals surface area contributed by atoms with E-state index in [1.807, 2.05) is 0 Å².